The SMILES string of the molecule is NC(=O)OCCNc1cc(N)ccn1. The molecule has 76 valence electrons. The van der Waals surface area contributed by atoms with E-state index in [1.807, 2.05) is 0 Å². The van der Waals surface area contributed by atoms with Crippen molar-refractivity contribution >= 4 is 17.6 Å². The standard InChI is InChI=1S/C8H12N4O2/c9-6-1-2-11-7(5-6)12-3-4-14-8(10)13/h1-2,5H,3-4H2,(H2,10,13)(H3,9,11,12). The van der Waals surface area contributed by atoms with Gasteiger partial charge in [0.15, 0.2) is 0 Å². The second-order valence-electron chi connectivity index (χ2n) is 2.57. The first kappa shape index (κ1) is 10.1. The van der Waals surface area contributed by atoms with Crippen molar-refractivity contribution in [1.82, 2.24) is 4.98 Å². The smallest absolute Gasteiger partial charge is 0.404 e. The quantitative estimate of drug-likeness (QED) is 0.595. The third kappa shape index (κ3) is 3.61. The summed E-state index contributed by atoms with van der Waals surface area (Å²) in [7, 11) is 0. The van der Waals surface area contributed by atoms with Crippen molar-refractivity contribution in [3.05, 3.63) is 18.3 Å². The van der Waals surface area contributed by atoms with Crippen molar-refractivity contribution in [2.24, 2.45) is 5.73 Å². The number of hydrogen-bond donors (Lipinski definition) is 3. The summed E-state index contributed by atoms with van der Waals surface area (Å²) in [5.41, 5.74) is 10.9. The molecule has 0 aliphatic rings. The van der Waals surface area contributed by atoms with Gasteiger partial charge in [-0.15, -0.1) is 0 Å². The number of anilines is 2. The minimum absolute atomic E-state index is 0.200. The maximum absolute atomic E-state index is 10.2. The van der Waals surface area contributed by atoms with Crippen molar-refractivity contribution < 1.29 is 9.53 Å². The fourth-order valence-electron chi connectivity index (χ4n) is 0.874. The molecule has 0 fully saturated rings. The van der Waals surface area contributed by atoms with Gasteiger partial charge in [-0.05, 0) is 6.07 Å². The van der Waals surface area contributed by atoms with Crippen LogP contribution in [0.1, 0.15) is 0 Å². The fraction of sp³-hybridized carbons (Fsp3) is 0.250. The van der Waals surface area contributed by atoms with Gasteiger partial charge < -0.3 is 21.5 Å². The lowest BCUT2D eigenvalue weighted by atomic mass is 10.4. The van der Waals surface area contributed by atoms with Gasteiger partial charge in [-0.25, -0.2) is 9.78 Å². The Morgan fingerprint density at radius 3 is 3.07 bits per heavy atom. The molecule has 0 aromatic carbocycles. The maximum atomic E-state index is 10.2. The van der Waals surface area contributed by atoms with Crippen molar-refractivity contribution in [3.8, 4) is 0 Å². The molecule has 1 aromatic rings. The zero-order valence-corrected chi connectivity index (χ0v) is 7.56. The van der Waals surface area contributed by atoms with Crippen LogP contribution in [-0.4, -0.2) is 24.2 Å². The number of nitrogens with zero attached hydrogens (tertiary/aromatic N) is 1. The molecule has 0 aliphatic carbocycles. The second-order valence-corrected chi connectivity index (χ2v) is 2.57. The van der Waals surface area contributed by atoms with E-state index in [-0.39, 0.29) is 6.61 Å². The predicted octanol–water partition coefficient (Wildman–Crippen LogP) is 0.171. The first-order chi connectivity index (χ1) is 6.68. The summed E-state index contributed by atoms with van der Waals surface area (Å²) in [4.78, 5) is 14.2. The molecule has 5 N–H and O–H groups in total. The Balaban J connectivity index is 2.28. The van der Waals surface area contributed by atoms with Gasteiger partial charge in [0.05, 0.1) is 6.54 Å². The summed E-state index contributed by atoms with van der Waals surface area (Å²) in [6, 6.07) is 3.37. The average Bonchev–Trinajstić information content (AvgIpc) is 2.12. The van der Waals surface area contributed by atoms with Gasteiger partial charge in [0.1, 0.15) is 12.4 Å². The minimum Gasteiger partial charge on any atom is -0.448 e. The zero-order valence-electron chi connectivity index (χ0n) is 7.56. The van der Waals surface area contributed by atoms with E-state index >= 15 is 0 Å². The van der Waals surface area contributed by atoms with Crippen LogP contribution in [0, 0.1) is 0 Å². The highest BCUT2D eigenvalue weighted by Crippen LogP contribution is 2.06. The van der Waals surface area contributed by atoms with E-state index in [1.165, 1.54) is 0 Å². The van der Waals surface area contributed by atoms with Gasteiger partial charge in [-0.1, -0.05) is 0 Å². The number of primary amides is 1. The Morgan fingerprint density at radius 2 is 2.43 bits per heavy atom. The van der Waals surface area contributed by atoms with Gasteiger partial charge in [0.2, 0.25) is 0 Å². The molecular formula is C8H12N4O2. The van der Waals surface area contributed by atoms with E-state index in [2.05, 4.69) is 15.0 Å². The highest BCUT2D eigenvalue weighted by Gasteiger charge is 1.95. The third-order valence-corrected chi connectivity index (χ3v) is 1.44. The monoisotopic (exact) mass is 196 g/mol. The number of hydrogen-bond acceptors (Lipinski definition) is 5. The molecule has 1 rings (SSSR count). The molecule has 0 unspecified atom stereocenters. The van der Waals surface area contributed by atoms with E-state index in [4.69, 9.17) is 11.5 Å². The number of nitrogens with one attached hydrogen (secondary N) is 1. The van der Waals surface area contributed by atoms with Crippen LogP contribution < -0.4 is 16.8 Å². The van der Waals surface area contributed by atoms with Crippen LogP contribution in [0.5, 0.6) is 0 Å². The van der Waals surface area contributed by atoms with Crippen LogP contribution in [0.15, 0.2) is 18.3 Å². The topological polar surface area (TPSA) is 103 Å². The predicted molar refractivity (Wildman–Crippen MR) is 52.7 cm³/mol. The number of carbonyl (C=O) groups is 1. The van der Waals surface area contributed by atoms with E-state index < -0.39 is 6.09 Å². The molecule has 6 heteroatoms. The molecule has 1 aromatic heterocycles. The van der Waals surface area contributed by atoms with Crippen LogP contribution in [0.25, 0.3) is 0 Å². The van der Waals surface area contributed by atoms with E-state index in [0.717, 1.165) is 0 Å². The highest BCUT2D eigenvalue weighted by atomic mass is 16.5. The summed E-state index contributed by atoms with van der Waals surface area (Å²) < 4.78 is 4.51. The molecule has 6 nitrogen and oxygen atoms in total. The van der Waals surface area contributed by atoms with Gasteiger partial charge in [-0.3, -0.25) is 0 Å². The molecule has 1 amide bonds. The number of amides is 1. The number of pyridine rings is 1. The Labute approximate surface area is 81.3 Å². The Morgan fingerprint density at radius 1 is 1.64 bits per heavy atom. The lowest BCUT2D eigenvalue weighted by molar-refractivity contribution is 0.161. The van der Waals surface area contributed by atoms with E-state index in [9.17, 15) is 4.79 Å². The first-order valence-electron chi connectivity index (χ1n) is 4.06. The molecule has 1 heterocycles. The van der Waals surface area contributed by atoms with Gasteiger partial charge in [0, 0.05) is 18.0 Å². The normalized spacial score (nSPS) is 9.43. The Hall–Kier alpha value is -1.98. The van der Waals surface area contributed by atoms with E-state index in [1.54, 1.807) is 18.3 Å². The lowest BCUT2D eigenvalue weighted by Crippen LogP contribution is -2.18. The second kappa shape index (κ2) is 4.90. The first-order valence-corrected chi connectivity index (χ1v) is 4.06. The van der Waals surface area contributed by atoms with E-state index in [0.29, 0.717) is 18.1 Å². The molecule has 0 saturated carbocycles. The molecule has 0 bridgehead atoms. The fourth-order valence-corrected chi connectivity index (χ4v) is 0.874. The zero-order chi connectivity index (χ0) is 10.4. The van der Waals surface area contributed by atoms with Gasteiger partial charge in [-0.2, -0.15) is 0 Å². The number of nitrogen functional groups attached to an aromatic ring is 1. The summed E-state index contributed by atoms with van der Waals surface area (Å²) in [6.45, 7) is 0.644. The number of ether oxygens (including phenoxy) is 1. The van der Waals surface area contributed by atoms with Crippen LogP contribution in [0.3, 0.4) is 0 Å². The van der Waals surface area contributed by atoms with Crippen molar-refractivity contribution in [1.29, 1.82) is 0 Å². The van der Waals surface area contributed by atoms with Crippen molar-refractivity contribution in [3.63, 3.8) is 0 Å². The number of aromatic nitrogens is 1. The molecular weight excluding hydrogens is 184 g/mol. The Bertz CT molecular complexity index is 316. The summed E-state index contributed by atoms with van der Waals surface area (Å²) in [5.74, 6) is 0.637. The van der Waals surface area contributed by atoms with Crippen LogP contribution in [0.4, 0.5) is 16.3 Å². The average molecular weight is 196 g/mol. The van der Waals surface area contributed by atoms with Gasteiger partial charge >= 0.3 is 6.09 Å². The third-order valence-electron chi connectivity index (χ3n) is 1.44. The number of rotatable bonds is 4. The summed E-state index contributed by atoms with van der Waals surface area (Å²) >= 11 is 0. The Kier molecular flexibility index (Phi) is 3.54. The lowest BCUT2D eigenvalue weighted by Gasteiger charge is -2.05. The molecule has 0 radical (unpaired) electrons. The highest BCUT2D eigenvalue weighted by molar-refractivity contribution is 5.64. The summed E-state index contributed by atoms with van der Waals surface area (Å²) in [5, 5.41) is 2.92. The molecule has 0 atom stereocenters. The van der Waals surface area contributed by atoms with Crippen molar-refractivity contribution in [2.45, 2.75) is 0 Å². The molecule has 14 heavy (non-hydrogen) atoms. The molecule has 0 saturated heterocycles. The number of nitrogens with two attached hydrogens (primary N) is 2. The van der Waals surface area contributed by atoms with Crippen LogP contribution in [-0.2, 0) is 4.74 Å². The van der Waals surface area contributed by atoms with Crippen molar-refractivity contribution in [2.75, 3.05) is 24.2 Å². The maximum Gasteiger partial charge on any atom is 0.404 e. The largest absolute Gasteiger partial charge is 0.448 e. The van der Waals surface area contributed by atoms with Gasteiger partial charge in [0.25, 0.3) is 0 Å². The summed E-state index contributed by atoms with van der Waals surface area (Å²) in [6.07, 6.45) is 0.805. The van der Waals surface area contributed by atoms with Crippen LogP contribution >= 0.6 is 0 Å². The number of carbonyl (C=O) groups excluding carboxylic acids is 1. The minimum atomic E-state index is -0.785. The molecule has 0 aliphatic heterocycles. The van der Waals surface area contributed by atoms with Crippen LogP contribution in [0.2, 0.25) is 0 Å². The molecule has 0 spiro atoms.